The molecule has 3 aromatic carbocycles. The smallest absolute Gasteiger partial charge is 0.253 e. The van der Waals surface area contributed by atoms with E-state index in [2.05, 4.69) is 45.6 Å². The van der Waals surface area contributed by atoms with E-state index in [1.54, 1.807) is 0 Å². The first-order chi connectivity index (χ1) is 17.2. The van der Waals surface area contributed by atoms with Gasteiger partial charge in [0.1, 0.15) is 5.69 Å². The number of aromatic amines is 1. The molecule has 4 aromatic rings. The Labute approximate surface area is 205 Å². The number of piperidine rings is 1. The SMILES string of the molecule is O=C(c1ccc2n[nH]c(C#Cc3ccccc3-c3ccccc3)c2c1)N1CCC2(CCCNC2)C1. The number of hydrogen-bond acceptors (Lipinski definition) is 3. The minimum atomic E-state index is 0.101. The Morgan fingerprint density at radius 3 is 2.69 bits per heavy atom. The van der Waals surface area contributed by atoms with Gasteiger partial charge in [-0.05, 0) is 67.1 Å². The van der Waals surface area contributed by atoms with Gasteiger partial charge in [-0.1, -0.05) is 54.5 Å². The van der Waals surface area contributed by atoms with Crippen molar-refractivity contribution in [3.05, 3.63) is 89.6 Å². The van der Waals surface area contributed by atoms with Crippen molar-refractivity contribution in [3.8, 4) is 23.0 Å². The molecule has 2 aliphatic rings. The molecule has 1 atom stereocenters. The number of amides is 1. The number of likely N-dealkylation sites (tertiary alicyclic amines) is 1. The third kappa shape index (κ3) is 4.22. The van der Waals surface area contributed by atoms with Gasteiger partial charge in [-0.2, -0.15) is 5.10 Å². The Morgan fingerprint density at radius 2 is 1.83 bits per heavy atom. The van der Waals surface area contributed by atoms with Gasteiger partial charge in [0.25, 0.3) is 5.91 Å². The number of benzene rings is 3. The third-order valence-electron chi connectivity index (χ3n) is 7.42. The molecule has 3 heterocycles. The molecule has 5 heteroatoms. The molecular formula is C30H28N4O. The molecule has 2 saturated heterocycles. The summed E-state index contributed by atoms with van der Waals surface area (Å²) in [5, 5.41) is 11.9. The van der Waals surface area contributed by atoms with Crippen LogP contribution in [0.4, 0.5) is 0 Å². The van der Waals surface area contributed by atoms with Crippen LogP contribution in [0.2, 0.25) is 0 Å². The summed E-state index contributed by atoms with van der Waals surface area (Å²) in [7, 11) is 0. The van der Waals surface area contributed by atoms with Crippen LogP contribution in [0.15, 0.2) is 72.8 Å². The summed E-state index contributed by atoms with van der Waals surface area (Å²) in [6.07, 6.45) is 3.48. The largest absolute Gasteiger partial charge is 0.338 e. The van der Waals surface area contributed by atoms with Gasteiger partial charge in [-0.25, -0.2) is 0 Å². The van der Waals surface area contributed by atoms with Crippen LogP contribution in [-0.4, -0.2) is 47.2 Å². The quantitative estimate of drug-likeness (QED) is 0.421. The number of nitrogens with zero attached hydrogens (tertiary/aromatic N) is 2. The van der Waals surface area contributed by atoms with E-state index < -0.39 is 0 Å². The van der Waals surface area contributed by atoms with Crippen LogP contribution in [-0.2, 0) is 0 Å². The van der Waals surface area contributed by atoms with Crippen molar-refractivity contribution in [2.75, 3.05) is 26.2 Å². The summed E-state index contributed by atoms with van der Waals surface area (Å²) in [5.41, 5.74) is 5.68. The maximum Gasteiger partial charge on any atom is 0.253 e. The van der Waals surface area contributed by atoms with E-state index in [0.29, 0.717) is 5.56 Å². The lowest BCUT2D eigenvalue weighted by Gasteiger charge is -2.33. The fourth-order valence-electron chi connectivity index (χ4n) is 5.50. The molecule has 1 amide bonds. The summed E-state index contributed by atoms with van der Waals surface area (Å²) in [4.78, 5) is 15.4. The highest BCUT2D eigenvalue weighted by Gasteiger charge is 2.40. The summed E-state index contributed by atoms with van der Waals surface area (Å²) in [6, 6.07) is 24.2. The summed E-state index contributed by atoms with van der Waals surface area (Å²) in [5.74, 6) is 6.70. The van der Waals surface area contributed by atoms with E-state index in [9.17, 15) is 4.79 Å². The molecule has 35 heavy (non-hydrogen) atoms. The molecule has 0 radical (unpaired) electrons. The van der Waals surface area contributed by atoms with Crippen molar-refractivity contribution in [2.24, 2.45) is 5.41 Å². The highest BCUT2D eigenvalue weighted by Crippen LogP contribution is 2.37. The topological polar surface area (TPSA) is 61.0 Å². The fraction of sp³-hybridized carbons (Fsp3) is 0.267. The molecular weight excluding hydrogens is 432 g/mol. The Bertz CT molecular complexity index is 1440. The van der Waals surface area contributed by atoms with Gasteiger partial charge in [-0.15, -0.1) is 0 Å². The van der Waals surface area contributed by atoms with E-state index in [4.69, 9.17) is 0 Å². The van der Waals surface area contributed by atoms with Gasteiger partial charge in [0.05, 0.1) is 5.52 Å². The molecule has 5 nitrogen and oxygen atoms in total. The lowest BCUT2D eigenvalue weighted by Crippen LogP contribution is -2.42. The number of carbonyl (C=O) groups is 1. The van der Waals surface area contributed by atoms with E-state index in [1.165, 1.54) is 12.8 Å². The fourth-order valence-corrected chi connectivity index (χ4v) is 5.50. The molecule has 2 aliphatic heterocycles. The van der Waals surface area contributed by atoms with Crippen LogP contribution in [0.5, 0.6) is 0 Å². The van der Waals surface area contributed by atoms with E-state index in [0.717, 1.165) is 65.9 Å². The number of H-pyrrole nitrogens is 1. The molecule has 2 fully saturated rings. The molecule has 6 rings (SSSR count). The van der Waals surface area contributed by atoms with Gasteiger partial charge in [0, 0.05) is 41.6 Å². The van der Waals surface area contributed by atoms with Crippen molar-refractivity contribution < 1.29 is 4.79 Å². The van der Waals surface area contributed by atoms with Crippen molar-refractivity contribution in [1.82, 2.24) is 20.4 Å². The van der Waals surface area contributed by atoms with Crippen LogP contribution in [0, 0.1) is 17.3 Å². The zero-order valence-corrected chi connectivity index (χ0v) is 19.7. The number of aromatic nitrogens is 2. The summed E-state index contributed by atoms with van der Waals surface area (Å²) >= 11 is 0. The standard InChI is InChI=1S/C30H28N4O/c35-29(34-18-16-30(21-34)15-6-17-31-20-30)24-12-14-28-26(19-24)27(32-33-28)13-11-23-9-4-5-10-25(23)22-7-2-1-3-8-22/h1-5,7-10,12,14,19,31H,6,15-18,20-21H2,(H,32,33). The van der Waals surface area contributed by atoms with Crippen LogP contribution in [0.1, 0.15) is 40.9 Å². The predicted molar refractivity (Wildman–Crippen MR) is 139 cm³/mol. The highest BCUT2D eigenvalue weighted by molar-refractivity contribution is 5.99. The second-order valence-corrected chi connectivity index (χ2v) is 9.75. The van der Waals surface area contributed by atoms with Crippen molar-refractivity contribution in [3.63, 3.8) is 0 Å². The first-order valence-electron chi connectivity index (χ1n) is 12.4. The molecule has 174 valence electrons. The van der Waals surface area contributed by atoms with Gasteiger partial charge in [0.2, 0.25) is 0 Å². The molecule has 1 unspecified atom stereocenters. The summed E-state index contributed by atoms with van der Waals surface area (Å²) < 4.78 is 0. The molecule has 0 bridgehead atoms. The molecule has 2 N–H and O–H groups in total. The first kappa shape index (κ1) is 21.6. The zero-order chi connectivity index (χ0) is 23.7. The van der Waals surface area contributed by atoms with E-state index in [1.807, 2.05) is 59.5 Å². The average Bonchev–Trinajstić information content (AvgIpc) is 3.52. The Morgan fingerprint density at radius 1 is 0.971 bits per heavy atom. The predicted octanol–water partition coefficient (Wildman–Crippen LogP) is 4.85. The van der Waals surface area contributed by atoms with Gasteiger partial charge in [0.15, 0.2) is 0 Å². The molecule has 0 saturated carbocycles. The van der Waals surface area contributed by atoms with E-state index in [-0.39, 0.29) is 11.3 Å². The van der Waals surface area contributed by atoms with Gasteiger partial charge in [-0.3, -0.25) is 9.89 Å². The maximum atomic E-state index is 13.4. The second-order valence-electron chi connectivity index (χ2n) is 9.75. The monoisotopic (exact) mass is 460 g/mol. The third-order valence-corrected chi connectivity index (χ3v) is 7.42. The molecule has 1 aromatic heterocycles. The zero-order valence-electron chi connectivity index (χ0n) is 19.7. The highest BCUT2D eigenvalue weighted by atomic mass is 16.2. The average molecular weight is 461 g/mol. The molecule has 1 spiro atoms. The van der Waals surface area contributed by atoms with Crippen LogP contribution >= 0.6 is 0 Å². The van der Waals surface area contributed by atoms with Gasteiger partial charge < -0.3 is 10.2 Å². The van der Waals surface area contributed by atoms with Crippen LogP contribution in [0.3, 0.4) is 0 Å². The second kappa shape index (κ2) is 9.05. The number of rotatable bonds is 2. The maximum absolute atomic E-state index is 13.4. The number of nitrogens with one attached hydrogen (secondary N) is 2. The van der Waals surface area contributed by atoms with Crippen molar-refractivity contribution in [1.29, 1.82) is 0 Å². The van der Waals surface area contributed by atoms with Crippen LogP contribution in [0.25, 0.3) is 22.0 Å². The number of hydrogen-bond donors (Lipinski definition) is 2. The van der Waals surface area contributed by atoms with Crippen LogP contribution < -0.4 is 5.32 Å². The lowest BCUT2D eigenvalue weighted by atomic mass is 9.80. The molecule has 0 aliphatic carbocycles. The van der Waals surface area contributed by atoms with E-state index >= 15 is 0 Å². The summed E-state index contributed by atoms with van der Waals surface area (Å²) in [6.45, 7) is 3.77. The Balaban J connectivity index is 1.28. The Kier molecular flexibility index (Phi) is 5.60. The normalized spacial score (nSPS) is 19.6. The van der Waals surface area contributed by atoms with Crippen molar-refractivity contribution >= 4 is 16.8 Å². The minimum Gasteiger partial charge on any atom is -0.338 e. The number of carbonyl (C=O) groups excluding carboxylic acids is 1. The van der Waals surface area contributed by atoms with Crippen molar-refractivity contribution in [2.45, 2.75) is 19.3 Å². The first-order valence-corrected chi connectivity index (χ1v) is 12.4. The van der Waals surface area contributed by atoms with Gasteiger partial charge >= 0.3 is 0 Å². The Hall–Kier alpha value is -3.88. The lowest BCUT2D eigenvalue weighted by molar-refractivity contribution is 0.0764. The number of fused-ring (bicyclic) bond motifs is 1. The minimum absolute atomic E-state index is 0.101.